The number of fused-ring (bicyclic) bond motifs is 7. The number of aliphatic hydroxyl groups is 1. The fourth-order valence-corrected chi connectivity index (χ4v) is 10.6. The molecule has 0 aromatic carbocycles. The highest BCUT2D eigenvalue weighted by Gasteiger charge is 2.71. The summed E-state index contributed by atoms with van der Waals surface area (Å²) in [7, 11) is 1.52. The van der Waals surface area contributed by atoms with Crippen molar-refractivity contribution in [3.05, 3.63) is 11.6 Å². The first-order valence-corrected chi connectivity index (χ1v) is 14.3. The van der Waals surface area contributed by atoms with Crippen LogP contribution in [-0.2, 0) is 23.9 Å². The van der Waals surface area contributed by atoms with Crippen molar-refractivity contribution in [2.75, 3.05) is 13.7 Å². The van der Waals surface area contributed by atoms with Gasteiger partial charge in [-0.05, 0) is 78.9 Å². The molecule has 1 heterocycles. The van der Waals surface area contributed by atoms with Gasteiger partial charge in [0.1, 0.15) is 12.1 Å². The van der Waals surface area contributed by atoms with Gasteiger partial charge >= 0.3 is 5.97 Å². The molecule has 0 amide bonds. The van der Waals surface area contributed by atoms with Crippen LogP contribution in [0.1, 0.15) is 86.5 Å². The SMILES string of the molecule is COC(=O)[C@]12CC[C@@H](C)[C@H](C)[C@@H]1C1=CC[C@@H]3[C@@]4(C)C[C@@H](O)OC[C@](C)(C=O)C4C(=O)C[C@@]3(C)[C@]1(C)CC2. The number of Topliss-reactive ketones (excluding diaryl/α,β-unsaturated/α-hetero) is 1. The van der Waals surface area contributed by atoms with E-state index in [-0.39, 0.29) is 41.0 Å². The number of hydrogen-bond donors (Lipinski definition) is 1. The molecule has 6 heteroatoms. The zero-order valence-electron chi connectivity index (χ0n) is 23.8. The van der Waals surface area contributed by atoms with Crippen LogP contribution in [0.2, 0.25) is 0 Å². The number of carbonyl (C=O) groups is 3. The number of rotatable bonds is 2. The second-order valence-electron chi connectivity index (χ2n) is 14.4. The fourth-order valence-electron chi connectivity index (χ4n) is 10.6. The summed E-state index contributed by atoms with van der Waals surface area (Å²) in [6.07, 6.45) is 7.29. The van der Waals surface area contributed by atoms with Crippen molar-refractivity contribution in [2.24, 2.45) is 56.7 Å². The van der Waals surface area contributed by atoms with Gasteiger partial charge in [0.25, 0.3) is 0 Å². The third-order valence-corrected chi connectivity index (χ3v) is 12.8. The Balaban J connectivity index is 1.67. The Bertz CT molecular complexity index is 1030. The summed E-state index contributed by atoms with van der Waals surface area (Å²) >= 11 is 0. The highest BCUT2D eigenvalue weighted by atomic mass is 16.6. The number of hydrogen-bond acceptors (Lipinski definition) is 6. The minimum atomic E-state index is -1.000. The molecule has 1 saturated heterocycles. The molecule has 11 atom stereocenters. The third-order valence-electron chi connectivity index (χ3n) is 12.8. The van der Waals surface area contributed by atoms with E-state index in [1.807, 2.05) is 6.92 Å². The van der Waals surface area contributed by atoms with Gasteiger partial charge in [0.2, 0.25) is 0 Å². The average Bonchev–Trinajstić information content (AvgIpc) is 2.95. The Morgan fingerprint density at radius 2 is 1.86 bits per heavy atom. The Morgan fingerprint density at radius 3 is 2.51 bits per heavy atom. The van der Waals surface area contributed by atoms with Gasteiger partial charge in [-0.25, -0.2) is 0 Å². The fraction of sp³-hybridized carbons (Fsp3) is 0.839. The van der Waals surface area contributed by atoms with Gasteiger partial charge in [-0.3, -0.25) is 9.59 Å². The highest BCUT2D eigenvalue weighted by molar-refractivity contribution is 5.88. The summed E-state index contributed by atoms with van der Waals surface area (Å²) in [5, 5.41) is 10.8. The van der Waals surface area contributed by atoms with Crippen LogP contribution >= 0.6 is 0 Å². The molecule has 6 nitrogen and oxygen atoms in total. The summed E-state index contributed by atoms with van der Waals surface area (Å²) < 4.78 is 11.2. The maximum atomic E-state index is 14.2. The van der Waals surface area contributed by atoms with Crippen LogP contribution in [0, 0.1) is 56.7 Å². The molecule has 0 aromatic heterocycles. The predicted octanol–water partition coefficient (Wildman–Crippen LogP) is 5.12. The van der Waals surface area contributed by atoms with Crippen molar-refractivity contribution in [1.29, 1.82) is 0 Å². The van der Waals surface area contributed by atoms with Gasteiger partial charge in [-0.2, -0.15) is 0 Å². The molecule has 3 saturated carbocycles. The van der Waals surface area contributed by atoms with Crippen LogP contribution in [0.25, 0.3) is 0 Å². The number of ketones is 1. The molecule has 1 N–H and O–H groups in total. The Hall–Kier alpha value is -1.53. The first-order valence-electron chi connectivity index (χ1n) is 14.3. The van der Waals surface area contributed by atoms with Gasteiger partial charge in [-0.1, -0.05) is 46.3 Å². The zero-order valence-corrected chi connectivity index (χ0v) is 23.8. The van der Waals surface area contributed by atoms with Gasteiger partial charge in [0, 0.05) is 18.8 Å². The minimum Gasteiger partial charge on any atom is -0.469 e. The van der Waals surface area contributed by atoms with Crippen molar-refractivity contribution in [1.82, 2.24) is 0 Å². The summed E-state index contributed by atoms with van der Waals surface area (Å²) in [6.45, 7) is 13.2. The Morgan fingerprint density at radius 1 is 1.16 bits per heavy atom. The Labute approximate surface area is 221 Å². The van der Waals surface area contributed by atoms with Crippen molar-refractivity contribution < 1.29 is 29.0 Å². The number of aliphatic hydroxyl groups excluding tert-OH is 1. The normalized spacial score (nSPS) is 53.4. The summed E-state index contributed by atoms with van der Waals surface area (Å²) in [5.41, 5.74) is -1.31. The van der Waals surface area contributed by atoms with E-state index >= 15 is 0 Å². The van der Waals surface area contributed by atoms with Crippen molar-refractivity contribution >= 4 is 18.0 Å². The van der Waals surface area contributed by atoms with E-state index in [1.165, 1.54) is 12.7 Å². The van der Waals surface area contributed by atoms with E-state index in [9.17, 15) is 19.5 Å². The van der Waals surface area contributed by atoms with E-state index in [4.69, 9.17) is 9.47 Å². The van der Waals surface area contributed by atoms with E-state index < -0.39 is 28.5 Å². The summed E-state index contributed by atoms with van der Waals surface area (Å²) in [5.74, 6) is 0.604. The molecule has 0 radical (unpaired) electrons. The van der Waals surface area contributed by atoms with E-state index in [0.29, 0.717) is 24.7 Å². The number of allylic oxidation sites excluding steroid dienone is 2. The van der Waals surface area contributed by atoms with Crippen LogP contribution < -0.4 is 0 Å². The second-order valence-corrected chi connectivity index (χ2v) is 14.4. The molecule has 0 bridgehead atoms. The molecule has 0 spiro atoms. The molecule has 4 fully saturated rings. The lowest BCUT2D eigenvalue weighted by molar-refractivity contribution is -0.189. The van der Waals surface area contributed by atoms with Crippen molar-refractivity contribution in [3.63, 3.8) is 0 Å². The first kappa shape index (κ1) is 27.1. The smallest absolute Gasteiger partial charge is 0.312 e. The maximum absolute atomic E-state index is 14.2. The van der Waals surface area contributed by atoms with Crippen molar-refractivity contribution in [2.45, 2.75) is 92.8 Å². The van der Waals surface area contributed by atoms with Crippen LogP contribution in [0.4, 0.5) is 0 Å². The second kappa shape index (κ2) is 8.48. The third kappa shape index (κ3) is 3.33. The predicted molar refractivity (Wildman–Crippen MR) is 139 cm³/mol. The molecule has 37 heavy (non-hydrogen) atoms. The lowest BCUT2D eigenvalue weighted by atomic mass is 9.34. The number of aldehydes is 1. The number of ether oxygens (including phenoxy) is 2. The first-order chi connectivity index (χ1) is 17.2. The molecule has 5 aliphatic rings. The number of methoxy groups -OCH3 is 1. The van der Waals surface area contributed by atoms with E-state index in [2.05, 4.69) is 40.7 Å². The van der Waals surface area contributed by atoms with Crippen LogP contribution in [0.5, 0.6) is 0 Å². The lowest BCUT2D eigenvalue weighted by Gasteiger charge is -2.69. The Kier molecular flexibility index (Phi) is 6.20. The molecule has 0 aromatic rings. The number of carbonyl (C=O) groups excluding carboxylic acids is 3. The van der Waals surface area contributed by atoms with Gasteiger partial charge in [0.15, 0.2) is 6.29 Å². The van der Waals surface area contributed by atoms with Crippen LogP contribution in [-0.4, -0.2) is 43.2 Å². The standard InChI is InChI=1S/C31H46O6/c1-18-10-11-31(26(35)36-7)13-12-29(5)20(24(31)19(18)2)8-9-22-28(4)15-23(34)37-17-27(3,16-32)25(28)21(33)14-30(22,29)6/h8,16,18-19,22-25,34H,9-15,17H2,1-7H3/t18-,19+,22-,23+,24-,25?,27+,28-,29-,30-,31+/m1/s1. The quantitative estimate of drug-likeness (QED) is 0.313. The molecule has 1 unspecified atom stereocenters. The molecule has 4 aliphatic carbocycles. The topological polar surface area (TPSA) is 89.9 Å². The van der Waals surface area contributed by atoms with Crippen LogP contribution in [0.3, 0.4) is 0 Å². The monoisotopic (exact) mass is 514 g/mol. The van der Waals surface area contributed by atoms with Gasteiger partial charge < -0.3 is 19.4 Å². The zero-order chi connectivity index (χ0) is 27.2. The van der Waals surface area contributed by atoms with Gasteiger partial charge in [0.05, 0.1) is 24.5 Å². The van der Waals surface area contributed by atoms with Crippen molar-refractivity contribution in [3.8, 4) is 0 Å². The molecule has 206 valence electrons. The summed E-state index contributed by atoms with van der Waals surface area (Å²) in [4.78, 5) is 40.0. The largest absolute Gasteiger partial charge is 0.469 e. The molecule has 1 aliphatic heterocycles. The molecular weight excluding hydrogens is 468 g/mol. The maximum Gasteiger partial charge on any atom is 0.312 e. The van der Waals surface area contributed by atoms with Gasteiger partial charge in [-0.15, -0.1) is 0 Å². The molecular formula is C31H46O6. The van der Waals surface area contributed by atoms with Crippen LogP contribution in [0.15, 0.2) is 11.6 Å². The average molecular weight is 515 g/mol. The summed E-state index contributed by atoms with van der Waals surface area (Å²) in [6, 6.07) is 0. The van der Waals surface area contributed by atoms with E-state index in [1.54, 1.807) is 0 Å². The lowest BCUT2D eigenvalue weighted by Crippen LogP contribution is -2.66. The minimum absolute atomic E-state index is 0.0601. The van der Waals surface area contributed by atoms with E-state index in [0.717, 1.165) is 38.4 Å². The number of esters is 1. The highest BCUT2D eigenvalue weighted by Crippen LogP contribution is 2.74. The molecule has 5 rings (SSSR count).